The van der Waals surface area contributed by atoms with Crippen molar-refractivity contribution >= 4 is 10.0 Å². The Kier molecular flexibility index (Phi) is 4.98. The molecule has 5 nitrogen and oxygen atoms in total. The molecule has 2 rings (SSSR count). The lowest BCUT2D eigenvalue weighted by Gasteiger charge is -2.33. The van der Waals surface area contributed by atoms with Crippen LogP contribution in [0.15, 0.2) is 23.1 Å². The Labute approximate surface area is 124 Å². The second-order valence-corrected chi connectivity index (χ2v) is 7.27. The zero-order valence-corrected chi connectivity index (χ0v) is 13.1. The smallest absolute Gasteiger partial charge is 0.244 e. The first-order valence-corrected chi connectivity index (χ1v) is 8.39. The first-order valence-electron chi connectivity index (χ1n) is 6.91. The molecule has 21 heavy (non-hydrogen) atoms. The summed E-state index contributed by atoms with van der Waals surface area (Å²) in [6.07, 6.45) is 1.45. The molecule has 1 unspecified atom stereocenters. The van der Waals surface area contributed by atoms with Crippen LogP contribution in [0.2, 0.25) is 0 Å². The molecule has 0 amide bonds. The van der Waals surface area contributed by atoms with E-state index in [1.807, 2.05) is 0 Å². The third-order valence-electron chi connectivity index (χ3n) is 3.48. The number of halogens is 1. The van der Waals surface area contributed by atoms with Crippen LogP contribution in [0.5, 0.6) is 0 Å². The highest BCUT2D eigenvalue weighted by atomic mass is 32.2. The third kappa shape index (κ3) is 4.00. The van der Waals surface area contributed by atoms with Gasteiger partial charge in [0.15, 0.2) is 0 Å². The predicted molar refractivity (Wildman–Crippen MR) is 77.9 cm³/mol. The second-order valence-electron chi connectivity index (χ2n) is 5.62. The minimum atomic E-state index is -3.92. The van der Waals surface area contributed by atoms with Crippen molar-refractivity contribution in [2.75, 3.05) is 20.3 Å². The maximum atomic E-state index is 13.9. The average molecular weight is 316 g/mol. The molecule has 1 atom stereocenters. The van der Waals surface area contributed by atoms with Crippen molar-refractivity contribution in [1.82, 2.24) is 10.0 Å². The van der Waals surface area contributed by atoms with Crippen LogP contribution in [0.4, 0.5) is 4.39 Å². The lowest BCUT2D eigenvalue weighted by Crippen LogP contribution is -2.51. The Morgan fingerprint density at radius 2 is 2.19 bits per heavy atom. The van der Waals surface area contributed by atoms with Crippen LogP contribution in [0, 0.1) is 5.82 Å². The van der Waals surface area contributed by atoms with E-state index in [2.05, 4.69) is 10.0 Å². The average Bonchev–Trinajstić information content (AvgIpc) is 2.40. The summed E-state index contributed by atoms with van der Waals surface area (Å²) in [7, 11) is -2.18. The first-order chi connectivity index (χ1) is 9.86. The summed E-state index contributed by atoms with van der Waals surface area (Å²) in [5, 5.41) is 2.91. The molecular weight excluding hydrogens is 295 g/mol. The van der Waals surface area contributed by atoms with E-state index in [0.717, 1.165) is 6.42 Å². The lowest BCUT2D eigenvalue weighted by atomic mass is 9.97. The van der Waals surface area contributed by atoms with Crippen LogP contribution in [-0.2, 0) is 21.3 Å². The van der Waals surface area contributed by atoms with Gasteiger partial charge in [-0.25, -0.2) is 17.5 Å². The van der Waals surface area contributed by atoms with Crippen LogP contribution in [0.25, 0.3) is 0 Å². The molecule has 1 aromatic rings. The molecule has 1 aliphatic heterocycles. The number of nitrogens with one attached hydrogen (secondary N) is 2. The van der Waals surface area contributed by atoms with Gasteiger partial charge in [0.05, 0.1) is 12.1 Å². The van der Waals surface area contributed by atoms with Gasteiger partial charge in [0, 0.05) is 13.2 Å². The summed E-state index contributed by atoms with van der Waals surface area (Å²) >= 11 is 0. The number of hydrogen-bond donors (Lipinski definition) is 2. The standard InChI is InChI=1S/C14H21FN2O3S/c1-14(6-3-7-20-10-14)17-21(18,19)13-8-11(9-16-2)4-5-12(13)15/h4-5,8,16-17H,3,6-7,9-10H2,1-2H3. The van der Waals surface area contributed by atoms with Gasteiger partial charge in [-0.2, -0.15) is 0 Å². The molecule has 7 heteroatoms. The van der Waals surface area contributed by atoms with Crippen molar-refractivity contribution < 1.29 is 17.5 Å². The molecule has 2 N–H and O–H groups in total. The van der Waals surface area contributed by atoms with E-state index in [-0.39, 0.29) is 4.90 Å². The minimum absolute atomic E-state index is 0.296. The Hall–Kier alpha value is -1.02. The first kappa shape index (κ1) is 16.4. The van der Waals surface area contributed by atoms with Gasteiger partial charge in [-0.3, -0.25) is 0 Å². The van der Waals surface area contributed by atoms with Crippen molar-refractivity contribution in [3.8, 4) is 0 Å². The maximum absolute atomic E-state index is 13.9. The highest BCUT2D eigenvalue weighted by Crippen LogP contribution is 2.23. The lowest BCUT2D eigenvalue weighted by molar-refractivity contribution is 0.0386. The van der Waals surface area contributed by atoms with E-state index >= 15 is 0 Å². The molecule has 1 heterocycles. The van der Waals surface area contributed by atoms with Crippen molar-refractivity contribution in [3.05, 3.63) is 29.6 Å². The van der Waals surface area contributed by atoms with Gasteiger partial charge in [-0.15, -0.1) is 0 Å². The van der Waals surface area contributed by atoms with Gasteiger partial charge in [0.1, 0.15) is 10.7 Å². The molecule has 0 spiro atoms. The third-order valence-corrected chi connectivity index (χ3v) is 5.14. The molecule has 0 saturated carbocycles. The largest absolute Gasteiger partial charge is 0.380 e. The number of hydrogen-bond acceptors (Lipinski definition) is 4. The Morgan fingerprint density at radius 1 is 1.43 bits per heavy atom. The molecule has 1 aromatic carbocycles. The Bertz CT molecular complexity index is 598. The zero-order chi connectivity index (χ0) is 15.5. The molecular formula is C14H21FN2O3S. The maximum Gasteiger partial charge on any atom is 0.244 e. The Morgan fingerprint density at radius 3 is 2.81 bits per heavy atom. The Balaban J connectivity index is 2.28. The number of sulfonamides is 1. The van der Waals surface area contributed by atoms with Gasteiger partial charge in [-0.05, 0) is 44.5 Å². The van der Waals surface area contributed by atoms with E-state index < -0.39 is 21.4 Å². The summed E-state index contributed by atoms with van der Waals surface area (Å²) in [6, 6.07) is 4.11. The van der Waals surface area contributed by atoms with E-state index in [1.54, 1.807) is 20.0 Å². The molecule has 0 aliphatic carbocycles. The molecule has 0 aromatic heterocycles. The SMILES string of the molecule is CNCc1ccc(F)c(S(=O)(=O)NC2(C)CCCOC2)c1. The summed E-state index contributed by atoms with van der Waals surface area (Å²) in [6.45, 7) is 3.18. The predicted octanol–water partition coefficient (Wildman–Crippen LogP) is 1.39. The van der Waals surface area contributed by atoms with E-state index in [0.29, 0.717) is 31.7 Å². The van der Waals surface area contributed by atoms with Gasteiger partial charge < -0.3 is 10.1 Å². The van der Waals surface area contributed by atoms with Crippen LogP contribution in [-0.4, -0.2) is 34.2 Å². The molecule has 0 bridgehead atoms. The topological polar surface area (TPSA) is 67.4 Å². The van der Waals surface area contributed by atoms with Gasteiger partial charge >= 0.3 is 0 Å². The van der Waals surface area contributed by atoms with Crippen molar-refractivity contribution in [2.24, 2.45) is 0 Å². The van der Waals surface area contributed by atoms with Gasteiger partial charge in [-0.1, -0.05) is 6.07 Å². The number of benzene rings is 1. The fourth-order valence-corrected chi connectivity index (χ4v) is 4.01. The molecule has 1 fully saturated rings. The van der Waals surface area contributed by atoms with Crippen molar-refractivity contribution in [2.45, 2.75) is 36.7 Å². The second kappa shape index (κ2) is 6.39. The fourth-order valence-electron chi connectivity index (χ4n) is 2.46. The zero-order valence-electron chi connectivity index (χ0n) is 12.3. The molecule has 0 radical (unpaired) electrons. The van der Waals surface area contributed by atoms with Gasteiger partial charge in [0.2, 0.25) is 10.0 Å². The summed E-state index contributed by atoms with van der Waals surface area (Å²) < 4.78 is 46.7. The van der Waals surface area contributed by atoms with Crippen molar-refractivity contribution in [1.29, 1.82) is 0 Å². The summed E-state index contributed by atoms with van der Waals surface area (Å²) in [4.78, 5) is -0.318. The van der Waals surface area contributed by atoms with Crippen LogP contribution < -0.4 is 10.0 Å². The monoisotopic (exact) mass is 316 g/mol. The van der Waals surface area contributed by atoms with Gasteiger partial charge in [0.25, 0.3) is 0 Å². The highest BCUT2D eigenvalue weighted by molar-refractivity contribution is 7.89. The number of ether oxygens (including phenoxy) is 1. The van der Waals surface area contributed by atoms with E-state index in [9.17, 15) is 12.8 Å². The van der Waals surface area contributed by atoms with Crippen LogP contribution in [0.3, 0.4) is 0 Å². The van der Waals surface area contributed by atoms with E-state index in [4.69, 9.17) is 4.74 Å². The summed E-state index contributed by atoms with van der Waals surface area (Å²) in [5.74, 6) is -0.748. The molecule has 118 valence electrons. The minimum Gasteiger partial charge on any atom is -0.380 e. The highest BCUT2D eigenvalue weighted by Gasteiger charge is 2.34. The fraction of sp³-hybridized carbons (Fsp3) is 0.571. The van der Waals surface area contributed by atoms with E-state index in [1.165, 1.54) is 12.1 Å². The molecule has 1 aliphatic rings. The quantitative estimate of drug-likeness (QED) is 0.861. The summed E-state index contributed by atoms with van der Waals surface area (Å²) in [5.41, 5.74) is 0.0204. The normalized spacial score (nSPS) is 23.2. The van der Waals surface area contributed by atoms with Crippen LogP contribution in [0.1, 0.15) is 25.3 Å². The number of rotatable bonds is 5. The van der Waals surface area contributed by atoms with Crippen LogP contribution >= 0.6 is 0 Å². The van der Waals surface area contributed by atoms with Crippen molar-refractivity contribution in [3.63, 3.8) is 0 Å². The molecule has 1 saturated heterocycles.